The van der Waals surface area contributed by atoms with Gasteiger partial charge in [0.25, 0.3) is 0 Å². The standard InChI is InChI=1S/C13H14N2O2S/c16-12(17)8-18-13-14-10-6-1-2-7-11(10)15(13)9-4-3-5-9/h1-2,6-7,9H,3-5,8H2,(H,16,17). The minimum atomic E-state index is -0.799. The number of fused-ring (bicyclic) bond motifs is 1. The Labute approximate surface area is 109 Å². The summed E-state index contributed by atoms with van der Waals surface area (Å²) in [6.45, 7) is 0. The number of para-hydroxylation sites is 2. The second-order valence-corrected chi connectivity index (χ2v) is 5.46. The Morgan fingerprint density at radius 2 is 2.22 bits per heavy atom. The average Bonchev–Trinajstić information content (AvgIpc) is 2.64. The molecule has 0 atom stereocenters. The van der Waals surface area contributed by atoms with Gasteiger partial charge in [-0.15, -0.1) is 0 Å². The maximum atomic E-state index is 10.7. The Morgan fingerprint density at radius 3 is 2.89 bits per heavy atom. The Kier molecular flexibility index (Phi) is 2.99. The van der Waals surface area contributed by atoms with Crippen molar-refractivity contribution in [3.63, 3.8) is 0 Å². The second kappa shape index (κ2) is 4.65. The summed E-state index contributed by atoms with van der Waals surface area (Å²) in [5.74, 6) is -0.733. The summed E-state index contributed by atoms with van der Waals surface area (Å²) in [4.78, 5) is 15.2. The fourth-order valence-corrected chi connectivity index (χ4v) is 3.05. The maximum Gasteiger partial charge on any atom is 0.313 e. The average molecular weight is 262 g/mol. The van der Waals surface area contributed by atoms with E-state index in [0.717, 1.165) is 16.2 Å². The molecular formula is C13H14N2O2S. The van der Waals surface area contributed by atoms with Gasteiger partial charge in [0, 0.05) is 6.04 Å². The first-order valence-corrected chi connectivity index (χ1v) is 7.06. The number of imidazole rings is 1. The van der Waals surface area contributed by atoms with Crippen molar-refractivity contribution in [2.75, 3.05) is 5.75 Å². The zero-order valence-corrected chi connectivity index (χ0v) is 10.7. The molecule has 1 saturated carbocycles. The highest BCUT2D eigenvalue weighted by Gasteiger charge is 2.24. The third-order valence-electron chi connectivity index (χ3n) is 3.33. The number of thioether (sulfide) groups is 1. The molecule has 1 aliphatic rings. The lowest BCUT2D eigenvalue weighted by molar-refractivity contribution is -0.133. The number of aliphatic carboxylic acids is 1. The summed E-state index contributed by atoms with van der Waals surface area (Å²) < 4.78 is 2.21. The number of nitrogens with zero attached hydrogens (tertiary/aromatic N) is 2. The summed E-state index contributed by atoms with van der Waals surface area (Å²) in [5, 5.41) is 9.63. The van der Waals surface area contributed by atoms with Crippen LogP contribution in [0.25, 0.3) is 11.0 Å². The molecule has 1 heterocycles. The molecular weight excluding hydrogens is 248 g/mol. The fourth-order valence-electron chi connectivity index (χ4n) is 2.25. The van der Waals surface area contributed by atoms with E-state index in [1.165, 1.54) is 31.0 Å². The molecule has 5 heteroatoms. The normalized spacial score (nSPS) is 15.8. The van der Waals surface area contributed by atoms with Crippen molar-refractivity contribution in [3.05, 3.63) is 24.3 Å². The topological polar surface area (TPSA) is 55.1 Å². The van der Waals surface area contributed by atoms with Crippen LogP contribution in [0.4, 0.5) is 0 Å². The largest absolute Gasteiger partial charge is 0.481 e. The van der Waals surface area contributed by atoms with Gasteiger partial charge < -0.3 is 9.67 Å². The predicted octanol–water partition coefficient (Wildman–Crippen LogP) is 2.94. The first-order valence-electron chi connectivity index (χ1n) is 6.07. The lowest BCUT2D eigenvalue weighted by Gasteiger charge is -2.28. The van der Waals surface area contributed by atoms with Crippen LogP contribution >= 0.6 is 11.8 Å². The van der Waals surface area contributed by atoms with Crippen molar-refractivity contribution in [1.82, 2.24) is 9.55 Å². The van der Waals surface area contributed by atoms with E-state index in [9.17, 15) is 4.79 Å². The number of carbonyl (C=O) groups is 1. The summed E-state index contributed by atoms with van der Waals surface area (Å²) in [6, 6.07) is 8.51. The van der Waals surface area contributed by atoms with E-state index < -0.39 is 5.97 Å². The second-order valence-electron chi connectivity index (χ2n) is 4.52. The Hall–Kier alpha value is -1.49. The van der Waals surface area contributed by atoms with Gasteiger partial charge in [-0.3, -0.25) is 4.79 Å². The molecule has 0 bridgehead atoms. The van der Waals surface area contributed by atoms with Crippen LogP contribution in [0.3, 0.4) is 0 Å². The van der Waals surface area contributed by atoms with Crippen LogP contribution in [0, 0.1) is 0 Å². The molecule has 0 saturated heterocycles. The van der Waals surface area contributed by atoms with Crippen LogP contribution in [-0.2, 0) is 4.79 Å². The van der Waals surface area contributed by atoms with Gasteiger partial charge in [0.1, 0.15) is 0 Å². The van der Waals surface area contributed by atoms with Crippen molar-refractivity contribution in [2.45, 2.75) is 30.5 Å². The maximum absolute atomic E-state index is 10.7. The number of aromatic nitrogens is 2. The lowest BCUT2D eigenvalue weighted by atomic mass is 9.93. The molecule has 1 N–H and O–H groups in total. The van der Waals surface area contributed by atoms with E-state index in [0.29, 0.717) is 6.04 Å². The summed E-state index contributed by atoms with van der Waals surface area (Å²) in [5.41, 5.74) is 2.08. The molecule has 0 unspecified atom stereocenters. The van der Waals surface area contributed by atoms with E-state index in [2.05, 4.69) is 15.6 Å². The van der Waals surface area contributed by atoms with Gasteiger partial charge >= 0.3 is 5.97 Å². The molecule has 1 aromatic heterocycles. The van der Waals surface area contributed by atoms with Gasteiger partial charge in [0.15, 0.2) is 5.16 Å². The number of carboxylic acids is 1. The van der Waals surface area contributed by atoms with Gasteiger partial charge in [0.05, 0.1) is 16.8 Å². The number of hydrogen-bond donors (Lipinski definition) is 1. The minimum Gasteiger partial charge on any atom is -0.481 e. The van der Waals surface area contributed by atoms with E-state index in [1.54, 1.807) is 0 Å². The SMILES string of the molecule is O=C(O)CSc1nc2ccccc2n1C1CCC1. The zero-order valence-electron chi connectivity index (χ0n) is 9.87. The zero-order chi connectivity index (χ0) is 12.5. The molecule has 0 aliphatic heterocycles. The van der Waals surface area contributed by atoms with E-state index >= 15 is 0 Å². The smallest absolute Gasteiger partial charge is 0.313 e. The van der Waals surface area contributed by atoms with Crippen LogP contribution in [0.1, 0.15) is 25.3 Å². The van der Waals surface area contributed by atoms with Crippen LogP contribution in [0.15, 0.2) is 29.4 Å². The number of hydrogen-bond acceptors (Lipinski definition) is 3. The summed E-state index contributed by atoms with van der Waals surface area (Å²) in [6.07, 6.45) is 3.59. The molecule has 1 fully saturated rings. The summed E-state index contributed by atoms with van der Waals surface area (Å²) >= 11 is 1.31. The first-order chi connectivity index (χ1) is 8.75. The number of carboxylic acid groups (broad SMARTS) is 1. The molecule has 3 rings (SSSR count). The Bertz CT molecular complexity index is 590. The van der Waals surface area contributed by atoms with Crippen LogP contribution in [0.2, 0.25) is 0 Å². The van der Waals surface area contributed by atoms with Gasteiger partial charge in [-0.05, 0) is 31.4 Å². The summed E-state index contributed by atoms with van der Waals surface area (Å²) in [7, 11) is 0. The molecule has 2 aromatic rings. The first kappa shape index (κ1) is 11.6. The van der Waals surface area contributed by atoms with Gasteiger partial charge in [-0.1, -0.05) is 23.9 Å². The van der Waals surface area contributed by atoms with Crippen molar-refractivity contribution < 1.29 is 9.90 Å². The van der Waals surface area contributed by atoms with Crippen molar-refractivity contribution in [3.8, 4) is 0 Å². The highest BCUT2D eigenvalue weighted by atomic mass is 32.2. The quantitative estimate of drug-likeness (QED) is 0.861. The molecule has 0 radical (unpaired) electrons. The van der Waals surface area contributed by atoms with Gasteiger partial charge in [-0.25, -0.2) is 4.98 Å². The van der Waals surface area contributed by atoms with E-state index in [-0.39, 0.29) is 5.75 Å². The Balaban J connectivity index is 2.02. The van der Waals surface area contributed by atoms with Gasteiger partial charge in [0.2, 0.25) is 0 Å². The van der Waals surface area contributed by atoms with Gasteiger partial charge in [-0.2, -0.15) is 0 Å². The number of benzene rings is 1. The minimum absolute atomic E-state index is 0.0655. The Morgan fingerprint density at radius 1 is 1.44 bits per heavy atom. The molecule has 94 valence electrons. The number of rotatable bonds is 4. The third kappa shape index (κ3) is 1.99. The molecule has 4 nitrogen and oxygen atoms in total. The van der Waals surface area contributed by atoms with Crippen LogP contribution in [-0.4, -0.2) is 26.4 Å². The molecule has 1 aromatic carbocycles. The van der Waals surface area contributed by atoms with Crippen LogP contribution < -0.4 is 0 Å². The van der Waals surface area contributed by atoms with Crippen molar-refractivity contribution in [1.29, 1.82) is 0 Å². The van der Waals surface area contributed by atoms with Crippen molar-refractivity contribution in [2.24, 2.45) is 0 Å². The predicted molar refractivity (Wildman–Crippen MR) is 71.0 cm³/mol. The van der Waals surface area contributed by atoms with E-state index in [1.807, 2.05) is 18.2 Å². The third-order valence-corrected chi connectivity index (χ3v) is 4.27. The van der Waals surface area contributed by atoms with Crippen molar-refractivity contribution >= 4 is 28.8 Å². The molecule has 1 aliphatic carbocycles. The van der Waals surface area contributed by atoms with Crippen LogP contribution in [0.5, 0.6) is 0 Å². The highest BCUT2D eigenvalue weighted by Crippen LogP contribution is 2.37. The molecule has 0 spiro atoms. The monoisotopic (exact) mass is 262 g/mol. The molecule has 18 heavy (non-hydrogen) atoms. The van der Waals surface area contributed by atoms with E-state index in [4.69, 9.17) is 5.11 Å². The fraction of sp³-hybridized carbons (Fsp3) is 0.385. The lowest BCUT2D eigenvalue weighted by Crippen LogP contribution is -2.18. The molecule has 0 amide bonds. The highest BCUT2D eigenvalue weighted by molar-refractivity contribution is 7.99.